The van der Waals surface area contributed by atoms with Crippen molar-refractivity contribution < 1.29 is 14.3 Å². The minimum atomic E-state index is 0. The monoisotopic (exact) mass is 370 g/mol. The summed E-state index contributed by atoms with van der Waals surface area (Å²) in [4.78, 5) is 14.7. The van der Waals surface area contributed by atoms with E-state index in [1.54, 1.807) is 7.11 Å². The lowest BCUT2D eigenvalue weighted by atomic mass is 10.1. The number of carbonyl (C=O) groups is 1. The number of hydrogen-bond acceptors (Lipinski definition) is 4. The van der Waals surface area contributed by atoms with Gasteiger partial charge in [-0.3, -0.25) is 4.79 Å². The van der Waals surface area contributed by atoms with Crippen molar-refractivity contribution in [3.8, 4) is 11.5 Å². The van der Waals surface area contributed by atoms with Gasteiger partial charge in [-0.2, -0.15) is 0 Å². The molecule has 1 aliphatic rings. The number of benzene rings is 1. The van der Waals surface area contributed by atoms with Gasteiger partial charge in [0.2, 0.25) is 5.91 Å². The normalized spacial score (nSPS) is 16.2. The fraction of sp³-hybridized carbons (Fsp3) is 0.632. The molecule has 6 heteroatoms. The van der Waals surface area contributed by atoms with E-state index in [0.29, 0.717) is 13.2 Å². The van der Waals surface area contributed by atoms with Crippen molar-refractivity contribution in [1.29, 1.82) is 0 Å². The first kappa shape index (κ1) is 21.6. The average Bonchev–Trinajstić information content (AvgIpc) is 3.14. The minimum absolute atomic E-state index is 0. The van der Waals surface area contributed by atoms with Gasteiger partial charge in [-0.1, -0.05) is 19.9 Å². The molecule has 1 unspecified atom stereocenters. The quantitative estimate of drug-likeness (QED) is 0.725. The standard InChI is InChI=1S/C19H30N2O3.ClH/c1-4-10-21(19(22)16-8-9-20-13-16)14-15-6-7-17(24-11-5-2)18(12-15)23-3;/h6-7,12,16,20H,4-5,8-11,13-14H2,1-3H3;1H. The molecule has 1 aromatic carbocycles. The first-order valence-corrected chi connectivity index (χ1v) is 8.98. The Hall–Kier alpha value is -1.46. The lowest BCUT2D eigenvalue weighted by Gasteiger charge is -2.25. The van der Waals surface area contributed by atoms with E-state index in [9.17, 15) is 4.79 Å². The van der Waals surface area contributed by atoms with Crippen LogP contribution in [-0.4, -0.2) is 44.2 Å². The first-order valence-electron chi connectivity index (χ1n) is 8.98. The maximum atomic E-state index is 12.7. The summed E-state index contributed by atoms with van der Waals surface area (Å²) < 4.78 is 11.1. The highest BCUT2D eigenvalue weighted by Crippen LogP contribution is 2.29. The molecule has 1 fully saturated rings. The number of nitrogens with zero attached hydrogens (tertiary/aromatic N) is 1. The summed E-state index contributed by atoms with van der Waals surface area (Å²) in [5, 5.41) is 3.28. The summed E-state index contributed by atoms with van der Waals surface area (Å²) in [6.07, 6.45) is 2.85. The molecule has 0 bridgehead atoms. The molecule has 142 valence electrons. The summed E-state index contributed by atoms with van der Waals surface area (Å²) in [6.45, 7) is 7.99. The van der Waals surface area contributed by atoms with Crippen LogP contribution in [0.1, 0.15) is 38.7 Å². The van der Waals surface area contributed by atoms with Gasteiger partial charge in [-0.15, -0.1) is 12.4 Å². The third-order valence-corrected chi connectivity index (χ3v) is 4.28. The summed E-state index contributed by atoms with van der Waals surface area (Å²) in [5.74, 6) is 1.86. The second-order valence-corrected chi connectivity index (χ2v) is 6.28. The third kappa shape index (κ3) is 6.08. The van der Waals surface area contributed by atoms with E-state index in [-0.39, 0.29) is 24.2 Å². The number of amides is 1. The molecule has 1 aromatic rings. The highest BCUT2D eigenvalue weighted by Gasteiger charge is 2.26. The van der Waals surface area contributed by atoms with Crippen molar-refractivity contribution in [1.82, 2.24) is 10.2 Å². The molecule has 1 aliphatic heterocycles. The van der Waals surface area contributed by atoms with Gasteiger partial charge in [0.15, 0.2) is 11.5 Å². The van der Waals surface area contributed by atoms with Crippen LogP contribution in [0.5, 0.6) is 11.5 Å². The van der Waals surface area contributed by atoms with E-state index >= 15 is 0 Å². The molecule has 0 aliphatic carbocycles. The van der Waals surface area contributed by atoms with Gasteiger partial charge < -0.3 is 19.7 Å². The third-order valence-electron chi connectivity index (χ3n) is 4.28. The van der Waals surface area contributed by atoms with E-state index in [1.807, 2.05) is 23.1 Å². The predicted octanol–water partition coefficient (Wildman–Crippen LogP) is 3.25. The van der Waals surface area contributed by atoms with Crippen molar-refractivity contribution >= 4 is 18.3 Å². The lowest BCUT2D eigenvalue weighted by Crippen LogP contribution is -2.37. The number of halogens is 1. The summed E-state index contributed by atoms with van der Waals surface area (Å²) in [5.41, 5.74) is 1.07. The maximum absolute atomic E-state index is 12.7. The molecule has 5 nitrogen and oxygen atoms in total. The lowest BCUT2D eigenvalue weighted by molar-refractivity contribution is -0.135. The van der Waals surface area contributed by atoms with Crippen molar-refractivity contribution in [2.75, 3.05) is 33.4 Å². The van der Waals surface area contributed by atoms with E-state index in [1.165, 1.54) is 0 Å². The minimum Gasteiger partial charge on any atom is -0.493 e. The summed E-state index contributed by atoms with van der Waals surface area (Å²) >= 11 is 0. The van der Waals surface area contributed by atoms with Gasteiger partial charge in [0.25, 0.3) is 0 Å². The van der Waals surface area contributed by atoms with Gasteiger partial charge in [0, 0.05) is 19.6 Å². The predicted molar refractivity (Wildman–Crippen MR) is 103 cm³/mol. The van der Waals surface area contributed by atoms with Crippen LogP contribution < -0.4 is 14.8 Å². The van der Waals surface area contributed by atoms with Gasteiger partial charge in [-0.05, 0) is 43.5 Å². The second kappa shape index (κ2) is 11.2. The van der Waals surface area contributed by atoms with Crippen molar-refractivity contribution in [3.05, 3.63) is 23.8 Å². The molecular formula is C19H31ClN2O3. The van der Waals surface area contributed by atoms with Crippen LogP contribution in [-0.2, 0) is 11.3 Å². The zero-order chi connectivity index (χ0) is 17.4. The smallest absolute Gasteiger partial charge is 0.227 e. The maximum Gasteiger partial charge on any atom is 0.227 e. The Balaban J connectivity index is 0.00000312. The Morgan fingerprint density at radius 2 is 2.08 bits per heavy atom. The van der Waals surface area contributed by atoms with Crippen LogP contribution in [0, 0.1) is 5.92 Å². The van der Waals surface area contributed by atoms with Gasteiger partial charge >= 0.3 is 0 Å². The van der Waals surface area contributed by atoms with Crippen LogP contribution >= 0.6 is 12.4 Å². The fourth-order valence-corrected chi connectivity index (χ4v) is 3.02. The number of carbonyl (C=O) groups excluding carboxylic acids is 1. The molecule has 0 saturated carbocycles. The van der Waals surface area contributed by atoms with Crippen LogP contribution in [0.2, 0.25) is 0 Å². The molecule has 25 heavy (non-hydrogen) atoms. The molecule has 0 radical (unpaired) electrons. The molecular weight excluding hydrogens is 340 g/mol. The summed E-state index contributed by atoms with van der Waals surface area (Å²) in [7, 11) is 1.65. The van der Waals surface area contributed by atoms with E-state index in [4.69, 9.17) is 9.47 Å². The van der Waals surface area contributed by atoms with Crippen molar-refractivity contribution in [2.24, 2.45) is 5.92 Å². The van der Waals surface area contributed by atoms with Gasteiger partial charge in [-0.25, -0.2) is 0 Å². The number of ether oxygens (including phenoxy) is 2. The number of nitrogens with one attached hydrogen (secondary N) is 1. The SMILES string of the molecule is CCCOc1ccc(CN(CCC)C(=O)C2CCNC2)cc1OC.Cl. The molecule has 1 saturated heterocycles. The molecule has 0 spiro atoms. The van der Waals surface area contributed by atoms with Crippen molar-refractivity contribution in [2.45, 2.75) is 39.7 Å². The molecule has 1 heterocycles. The Morgan fingerprint density at radius 1 is 1.28 bits per heavy atom. The molecule has 2 rings (SSSR count). The van der Waals surface area contributed by atoms with E-state index in [2.05, 4.69) is 19.2 Å². The zero-order valence-corrected chi connectivity index (χ0v) is 16.4. The average molecular weight is 371 g/mol. The zero-order valence-electron chi connectivity index (χ0n) is 15.5. The highest BCUT2D eigenvalue weighted by molar-refractivity contribution is 5.85. The molecule has 1 atom stereocenters. The van der Waals surface area contributed by atoms with Crippen LogP contribution in [0.4, 0.5) is 0 Å². The Kier molecular flexibility index (Phi) is 9.68. The van der Waals surface area contributed by atoms with Crippen molar-refractivity contribution in [3.63, 3.8) is 0 Å². The Labute approximate surface area is 157 Å². The fourth-order valence-electron chi connectivity index (χ4n) is 3.02. The molecule has 1 N–H and O–H groups in total. The highest BCUT2D eigenvalue weighted by atomic mass is 35.5. The molecule has 0 aromatic heterocycles. The molecule has 1 amide bonds. The Bertz CT molecular complexity index is 533. The van der Waals surface area contributed by atoms with Gasteiger partial charge in [0.1, 0.15) is 0 Å². The number of rotatable bonds is 9. The van der Waals surface area contributed by atoms with Crippen LogP contribution in [0.3, 0.4) is 0 Å². The summed E-state index contributed by atoms with van der Waals surface area (Å²) in [6, 6.07) is 5.94. The topological polar surface area (TPSA) is 50.8 Å². The first-order chi connectivity index (χ1) is 11.7. The largest absolute Gasteiger partial charge is 0.493 e. The number of methoxy groups -OCH3 is 1. The van der Waals surface area contributed by atoms with Gasteiger partial charge in [0.05, 0.1) is 19.6 Å². The van der Waals surface area contributed by atoms with E-state index in [0.717, 1.165) is 56.0 Å². The number of hydrogen-bond donors (Lipinski definition) is 1. The Morgan fingerprint density at radius 3 is 2.68 bits per heavy atom. The van der Waals surface area contributed by atoms with Crippen LogP contribution in [0.25, 0.3) is 0 Å². The van der Waals surface area contributed by atoms with Crippen LogP contribution in [0.15, 0.2) is 18.2 Å². The van der Waals surface area contributed by atoms with E-state index < -0.39 is 0 Å². The second-order valence-electron chi connectivity index (χ2n) is 6.28.